The lowest BCUT2D eigenvalue weighted by Crippen LogP contribution is -2.25. The van der Waals surface area contributed by atoms with Crippen molar-refractivity contribution in [2.24, 2.45) is 7.05 Å². The Morgan fingerprint density at radius 2 is 2.09 bits per heavy atom. The number of benzene rings is 1. The number of rotatable bonds is 5. The number of amides is 1. The van der Waals surface area contributed by atoms with Crippen molar-refractivity contribution in [2.45, 2.75) is 6.54 Å². The maximum atomic E-state index is 12.2. The summed E-state index contributed by atoms with van der Waals surface area (Å²) in [4.78, 5) is 13.8. The minimum atomic E-state index is -0.0658. The van der Waals surface area contributed by atoms with Gasteiger partial charge in [-0.1, -0.05) is 12.1 Å². The lowest BCUT2D eigenvalue weighted by molar-refractivity contribution is -0.125. The molecule has 6 heteroatoms. The highest BCUT2D eigenvalue weighted by Gasteiger charge is 2.11. The molecule has 0 aliphatic carbocycles. The second-order valence-corrected chi connectivity index (χ2v) is 5.72. The van der Waals surface area contributed by atoms with Crippen LogP contribution in [0.4, 0.5) is 0 Å². The molecule has 0 N–H and O–H groups in total. The molecule has 1 aromatic carbocycles. The zero-order valence-corrected chi connectivity index (χ0v) is 14.4. The lowest BCUT2D eigenvalue weighted by Gasteiger charge is -2.15. The van der Waals surface area contributed by atoms with E-state index in [1.54, 1.807) is 42.1 Å². The Kier molecular flexibility index (Phi) is 5.38. The van der Waals surface area contributed by atoms with Crippen molar-refractivity contribution in [3.63, 3.8) is 0 Å². The minimum absolute atomic E-state index is 0.0658. The summed E-state index contributed by atoms with van der Waals surface area (Å²) >= 11 is 3.43. The molecule has 0 saturated carbocycles. The van der Waals surface area contributed by atoms with Gasteiger partial charge in [-0.15, -0.1) is 0 Å². The number of carbonyl (C=O) groups excluding carboxylic acids is 1. The van der Waals surface area contributed by atoms with Crippen LogP contribution in [0.2, 0.25) is 0 Å². The van der Waals surface area contributed by atoms with Gasteiger partial charge in [0.1, 0.15) is 5.75 Å². The molecule has 1 amide bonds. The van der Waals surface area contributed by atoms with Crippen molar-refractivity contribution < 1.29 is 9.53 Å². The molecule has 1 aromatic heterocycles. The Morgan fingerprint density at radius 3 is 2.64 bits per heavy atom. The maximum Gasteiger partial charge on any atom is 0.246 e. The molecule has 0 bridgehead atoms. The summed E-state index contributed by atoms with van der Waals surface area (Å²) in [7, 11) is 5.24. The summed E-state index contributed by atoms with van der Waals surface area (Å²) in [6, 6.07) is 7.53. The first-order valence-corrected chi connectivity index (χ1v) is 7.54. The average Bonchev–Trinajstić information content (AvgIpc) is 2.84. The van der Waals surface area contributed by atoms with E-state index in [-0.39, 0.29) is 5.91 Å². The van der Waals surface area contributed by atoms with E-state index in [1.807, 2.05) is 31.3 Å². The highest BCUT2D eigenvalue weighted by molar-refractivity contribution is 9.10. The third-order valence-electron chi connectivity index (χ3n) is 3.31. The first-order valence-electron chi connectivity index (χ1n) is 6.75. The number of likely N-dealkylation sites (N-methyl/N-ethyl adjacent to an activating group) is 1. The molecule has 2 rings (SSSR count). The van der Waals surface area contributed by atoms with Gasteiger partial charge in [-0.3, -0.25) is 9.48 Å². The van der Waals surface area contributed by atoms with Gasteiger partial charge in [-0.25, -0.2) is 0 Å². The van der Waals surface area contributed by atoms with E-state index >= 15 is 0 Å². The van der Waals surface area contributed by atoms with Crippen LogP contribution in [-0.4, -0.2) is 34.7 Å². The van der Waals surface area contributed by atoms with Gasteiger partial charge in [0.05, 0.1) is 30.0 Å². The molecular weight excluding hydrogens is 346 g/mol. The molecule has 0 fully saturated rings. The molecule has 5 nitrogen and oxygen atoms in total. The molecule has 2 aromatic rings. The molecule has 0 aliphatic heterocycles. The lowest BCUT2D eigenvalue weighted by atomic mass is 10.2. The number of halogens is 1. The SMILES string of the molecule is COc1ccc(/C=C/C(=O)N(C)Cc2c(Br)cnn2C)cc1. The van der Waals surface area contributed by atoms with Crippen LogP contribution in [0.5, 0.6) is 5.75 Å². The van der Waals surface area contributed by atoms with Gasteiger partial charge in [0.25, 0.3) is 0 Å². The van der Waals surface area contributed by atoms with Crippen molar-refractivity contribution in [1.29, 1.82) is 0 Å². The van der Waals surface area contributed by atoms with Crippen molar-refractivity contribution in [1.82, 2.24) is 14.7 Å². The van der Waals surface area contributed by atoms with Crippen LogP contribution in [-0.2, 0) is 18.4 Å². The van der Waals surface area contributed by atoms with Gasteiger partial charge in [0.15, 0.2) is 0 Å². The maximum absolute atomic E-state index is 12.2. The molecule has 1 heterocycles. The second kappa shape index (κ2) is 7.26. The molecule has 0 atom stereocenters. The van der Waals surface area contributed by atoms with E-state index in [1.165, 1.54) is 0 Å². The van der Waals surface area contributed by atoms with E-state index in [0.29, 0.717) is 6.54 Å². The van der Waals surface area contributed by atoms with Crippen LogP contribution in [0.3, 0.4) is 0 Å². The van der Waals surface area contributed by atoms with Gasteiger partial charge in [0.2, 0.25) is 5.91 Å². The van der Waals surface area contributed by atoms with Crippen molar-refractivity contribution in [3.8, 4) is 5.75 Å². The zero-order valence-electron chi connectivity index (χ0n) is 12.8. The highest BCUT2D eigenvalue weighted by atomic mass is 79.9. The second-order valence-electron chi connectivity index (χ2n) is 4.86. The normalized spacial score (nSPS) is 10.9. The van der Waals surface area contributed by atoms with E-state index < -0.39 is 0 Å². The number of carbonyl (C=O) groups is 1. The predicted molar refractivity (Wildman–Crippen MR) is 89.4 cm³/mol. The molecule has 0 saturated heterocycles. The Hall–Kier alpha value is -2.08. The number of hydrogen-bond acceptors (Lipinski definition) is 3. The molecular formula is C16H18BrN3O2. The van der Waals surface area contributed by atoms with Crippen molar-refractivity contribution in [2.75, 3.05) is 14.2 Å². The zero-order chi connectivity index (χ0) is 16.1. The quantitative estimate of drug-likeness (QED) is 0.767. The molecule has 22 heavy (non-hydrogen) atoms. The Labute approximate surface area is 138 Å². The van der Waals surface area contributed by atoms with Crippen molar-refractivity contribution in [3.05, 3.63) is 52.3 Å². The van der Waals surface area contributed by atoms with Gasteiger partial charge >= 0.3 is 0 Å². The number of nitrogens with zero attached hydrogens (tertiary/aromatic N) is 3. The van der Waals surface area contributed by atoms with Gasteiger partial charge < -0.3 is 9.64 Å². The van der Waals surface area contributed by atoms with E-state index in [2.05, 4.69) is 21.0 Å². The number of ether oxygens (including phenoxy) is 1. The third-order valence-corrected chi connectivity index (χ3v) is 3.97. The fourth-order valence-corrected chi connectivity index (χ4v) is 2.40. The van der Waals surface area contributed by atoms with Crippen LogP contribution in [0, 0.1) is 0 Å². The van der Waals surface area contributed by atoms with Crippen LogP contribution in [0.15, 0.2) is 41.0 Å². The van der Waals surface area contributed by atoms with Gasteiger partial charge in [-0.05, 0) is 39.7 Å². The topological polar surface area (TPSA) is 47.4 Å². The monoisotopic (exact) mass is 363 g/mol. The first kappa shape index (κ1) is 16.3. The molecule has 116 valence electrons. The van der Waals surface area contributed by atoms with Crippen LogP contribution in [0.1, 0.15) is 11.3 Å². The number of aryl methyl sites for hydroxylation is 1. The van der Waals surface area contributed by atoms with Gasteiger partial charge in [0, 0.05) is 20.2 Å². The molecule has 0 aliphatic rings. The summed E-state index contributed by atoms with van der Waals surface area (Å²) < 4.78 is 7.75. The molecule has 0 unspecified atom stereocenters. The van der Waals surface area contributed by atoms with Crippen LogP contribution < -0.4 is 4.74 Å². The number of hydrogen-bond donors (Lipinski definition) is 0. The Bertz CT molecular complexity index is 658. The summed E-state index contributed by atoms with van der Waals surface area (Å²) in [6.07, 6.45) is 5.07. The Balaban J connectivity index is 2.00. The summed E-state index contributed by atoms with van der Waals surface area (Å²) in [5.74, 6) is 0.727. The largest absolute Gasteiger partial charge is 0.497 e. The number of aromatic nitrogens is 2. The van der Waals surface area contributed by atoms with Gasteiger partial charge in [-0.2, -0.15) is 5.10 Å². The highest BCUT2D eigenvalue weighted by Crippen LogP contribution is 2.17. The third kappa shape index (κ3) is 3.98. The fourth-order valence-electron chi connectivity index (χ4n) is 1.93. The summed E-state index contributed by atoms with van der Waals surface area (Å²) in [5, 5.41) is 4.14. The first-order chi connectivity index (χ1) is 10.5. The van der Waals surface area contributed by atoms with E-state index in [4.69, 9.17) is 4.74 Å². The average molecular weight is 364 g/mol. The summed E-state index contributed by atoms with van der Waals surface area (Å²) in [6.45, 7) is 0.489. The fraction of sp³-hybridized carbons (Fsp3) is 0.250. The van der Waals surface area contributed by atoms with Crippen LogP contribution in [0.25, 0.3) is 6.08 Å². The van der Waals surface area contributed by atoms with E-state index in [9.17, 15) is 4.79 Å². The van der Waals surface area contributed by atoms with Crippen molar-refractivity contribution >= 4 is 27.9 Å². The standard InChI is InChI=1S/C16H18BrN3O2/c1-19(11-15-14(17)10-18-20(15)2)16(21)9-6-12-4-7-13(22-3)8-5-12/h4-10H,11H2,1-3H3/b9-6+. The summed E-state index contributed by atoms with van der Waals surface area (Å²) in [5.41, 5.74) is 1.90. The minimum Gasteiger partial charge on any atom is -0.497 e. The predicted octanol–water partition coefficient (Wildman–Crippen LogP) is 2.86. The number of methoxy groups -OCH3 is 1. The molecule has 0 radical (unpaired) electrons. The smallest absolute Gasteiger partial charge is 0.246 e. The molecule has 0 spiro atoms. The Morgan fingerprint density at radius 1 is 1.41 bits per heavy atom. The van der Waals surface area contributed by atoms with E-state index in [0.717, 1.165) is 21.5 Å². The van der Waals surface area contributed by atoms with Crippen LogP contribution >= 0.6 is 15.9 Å².